The standard InChI is InChI=1S/C27H40.2C18H34.C13H22.C10H20.16CH3.3Hf.Zr/c1-5-11-20-18(3)26(24-15-9-7-13-22(20)24)17-27-19(4)21(12-6-2)23-14-8-10-16-25(23)27;2*1-6-7-16-8-9-17(10-16)11-18-14(4)12(2)13(3)15(18)5;1-2-6-12-10(4-1)8-9-11-5-3-7-13(11)12;1-6-7(2)9(4)10(5)8(6)3;;;;;;;;;;;;;;;;;;;;/h7-10,13-16,18-27H,5-6,11-12,17H2,1-4H3;2*12-18H,6-11H2,1-5H3;10-13H,1-9H2;6-10H,1-5H3;16*1H3;;;;/q;;;;;16*-1;4*+4. The van der Waals surface area contributed by atoms with Gasteiger partial charge in [-0.3, -0.25) is 0 Å². The molecular weight excluding hydrogens is 1850 g/mol. The van der Waals surface area contributed by atoms with E-state index >= 15 is 0 Å². The number of rotatable bonds is 14. The molecule has 0 N–H and O–H groups in total. The molecule has 0 radical (unpaired) electrons. The SMILES string of the molecule is C1CCC2C(C1)CCC1CCCC12.CC1C(C)C(C)C(C)C1C.CCCC1C(C)C(CC2C(C)C(CCC)C3C=CC=CC32)C2C=CC=CC21.CCCC1CCC(CC2C(C)C(C)C(C)C2C)C1.CCCC1CCC(CC2C(C)C(C)C(C)C2C)C1.[CH3-].[CH3-].[CH3-].[CH3-].[CH3-].[CH3-].[CH3-].[CH3-].[CH3-].[CH3-].[CH3-].[CH3-].[CH3-].[CH3-].[CH3-].[CH3-].[Hf+4].[Hf+4].[Hf+4].[Zr+4]. The number of fused-ring (bicyclic) bond motifs is 5. The van der Waals surface area contributed by atoms with Gasteiger partial charge in [-0.1, -0.05) is 276 Å². The van der Waals surface area contributed by atoms with Crippen molar-refractivity contribution in [1.29, 1.82) is 0 Å². The molecule has 10 fully saturated rings. The summed E-state index contributed by atoms with van der Waals surface area (Å²) in [6.07, 6.45) is 58.7. The fraction of sp³-hybridized carbons (Fsp3) is 0.765. The fourth-order valence-corrected chi connectivity index (χ4v) is 24.8. The third-order valence-corrected chi connectivity index (χ3v) is 31.8. The van der Waals surface area contributed by atoms with Gasteiger partial charge in [0.15, 0.2) is 0 Å². The molecule has 0 aliphatic heterocycles. The van der Waals surface area contributed by atoms with Gasteiger partial charge in [0.05, 0.1) is 0 Å². The summed E-state index contributed by atoms with van der Waals surface area (Å²) in [5, 5.41) is 0. The van der Waals surface area contributed by atoms with Gasteiger partial charge in [-0.05, 0) is 266 Å². The molecule has 106 heavy (non-hydrogen) atoms. The molecule has 26 atom stereocenters. The van der Waals surface area contributed by atoms with Gasteiger partial charge < -0.3 is 119 Å². The zero-order valence-corrected chi connectivity index (χ0v) is 92.3. The average molecular weight is 2050 g/mol. The fourth-order valence-electron chi connectivity index (χ4n) is 24.8. The van der Waals surface area contributed by atoms with E-state index in [4.69, 9.17) is 0 Å². The zero-order valence-electron chi connectivity index (χ0n) is 79.1. The second-order valence-electron chi connectivity index (χ2n) is 35.3. The first kappa shape index (κ1) is 137. The molecule has 10 saturated carbocycles. The molecule has 12 aliphatic carbocycles. The maximum Gasteiger partial charge on any atom is 4.00 e. The van der Waals surface area contributed by atoms with E-state index in [-0.39, 0.29) is 223 Å². The summed E-state index contributed by atoms with van der Waals surface area (Å²) in [4.78, 5) is 0. The Labute approximate surface area is 757 Å². The first-order valence-electron chi connectivity index (χ1n) is 40.0. The molecule has 622 valence electrons. The maximum atomic E-state index is 2.59. The van der Waals surface area contributed by atoms with Crippen molar-refractivity contribution in [2.75, 3.05) is 0 Å². The van der Waals surface area contributed by atoms with Crippen molar-refractivity contribution < 1.29 is 104 Å². The van der Waals surface area contributed by atoms with E-state index in [0.717, 1.165) is 178 Å². The van der Waals surface area contributed by atoms with Gasteiger partial charge in [0, 0.05) is 0 Å². The number of hydrogen-bond acceptors (Lipinski definition) is 0. The molecule has 0 spiro atoms. The Morgan fingerprint density at radius 1 is 0.226 bits per heavy atom. The molecule has 12 rings (SSSR count). The van der Waals surface area contributed by atoms with Gasteiger partial charge in [-0.2, -0.15) is 0 Å². The van der Waals surface area contributed by atoms with Crippen LogP contribution in [-0.4, -0.2) is 0 Å². The molecule has 26 unspecified atom stereocenters. The van der Waals surface area contributed by atoms with Crippen LogP contribution in [0.1, 0.15) is 298 Å². The van der Waals surface area contributed by atoms with E-state index in [1.807, 2.05) is 0 Å². The van der Waals surface area contributed by atoms with E-state index in [9.17, 15) is 0 Å². The van der Waals surface area contributed by atoms with Crippen LogP contribution in [0.5, 0.6) is 0 Å². The van der Waals surface area contributed by atoms with Crippen LogP contribution in [0.4, 0.5) is 0 Å². The second kappa shape index (κ2) is 66.4. The maximum absolute atomic E-state index is 2.59. The van der Waals surface area contributed by atoms with Crippen LogP contribution in [-0.2, 0) is 104 Å². The molecule has 0 aromatic rings. The predicted molar refractivity (Wildman–Crippen MR) is 482 cm³/mol. The van der Waals surface area contributed by atoms with Crippen LogP contribution >= 0.6 is 0 Å². The van der Waals surface area contributed by atoms with Crippen LogP contribution in [0.25, 0.3) is 0 Å². The van der Waals surface area contributed by atoms with Crippen molar-refractivity contribution in [1.82, 2.24) is 0 Å². The Kier molecular flexibility index (Phi) is 86.1. The molecule has 12 aliphatic rings. The van der Waals surface area contributed by atoms with Crippen LogP contribution in [0.3, 0.4) is 0 Å². The molecule has 0 bridgehead atoms. The van der Waals surface area contributed by atoms with Gasteiger partial charge in [0.25, 0.3) is 0 Å². The van der Waals surface area contributed by atoms with Crippen molar-refractivity contribution in [2.45, 2.75) is 298 Å². The summed E-state index contributed by atoms with van der Waals surface area (Å²) < 4.78 is 0. The van der Waals surface area contributed by atoms with Gasteiger partial charge in [-0.15, -0.1) is 0 Å². The minimum absolute atomic E-state index is 0. The van der Waals surface area contributed by atoms with Crippen molar-refractivity contribution in [2.24, 2.45) is 195 Å². The zero-order chi connectivity index (χ0) is 62.1. The van der Waals surface area contributed by atoms with Crippen LogP contribution in [0, 0.1) is 314 Å². The van der Waals surface area contributed by atoms with Crippen molar-refractivity contribution >= 4 is 0 Å². The largest absolute Gasteiger partial charge is 4.00 e. The van der Waals surface area contributed by atoms with Crippen molar-refractivity contribution in [3.05, 3.63) is 167 Å². The summed E-state index contributed by atoms with van der Waals surface area (Å²) in [5.74, 6) is 31.7. The van der Waals surface area contributed by atoms with Gasteiger partial charge in [-0.25, -0.2) is 0 Å². The van der Waals surface area contributed by atoms with Gasteiger partial charge in [0.1, 0.15) is 0 Å². The number of allylic oxidation sites excluding steroid dienone is 8. The summed E-state index contributed by atoms with van der Waals surface area (Å²) in [7, 11) is 0. The monoisotopic (exact) mass is 2050 g/mol. The van der Waals surface area contributed by atoms with E-state index in [0.29, 0.717) is 0 Å². The summed E-state index contributed by atoms with van der Waals surface area (Å²) in [6.45, 7) is 46.6. The van der Waals surface area contributed by atoms with E-state index in [1.54, 1.807) is 70.6 Å². The minimum Gasteiger partial charge on any atom is -0.358 e. The molecule has 0 heterocycles. The quantitative estimate of drug-likeness (QED) is 0.120. The average Bonchev–Trinajstić information content (AvgIpc) is 1.60. The predicted octanol–water partition coefficient (Wildman–Crippen LogP) is 33.4. The summed E-state index contributed by atoms with van der Waals surface area (Å²) in [6, 6.07) is 0. The van der Waals surface area contributed by atoms with Crippen LogP contribution < -0.4 is 0 Å². The third-order valence-electron chi connectivity index (χ3n) is 31.8. The molecule has 0 aromatic heterocycles. The molecular formula is C102H198Hf3Zr. The van der Waals surface area contributed by atoms with Gasteiger partial charge in [0.2, 0.25) is 0 Å². The summed E-state index contributed by atoms with van der Waals surface area (Å²) >= 11 is 0. The van der Waals surface area contributed by atoms with Crippen LogP contribution in [0.2, 0.25) is 0 Å². The second-order valence-corrected chi connectivity index (χ2v) is 35.3. The molecule has 0 saturated heterocycles. The number of hydrogen-bond donors (Lipinski definition) is 0. The molecule has 0 aromatic carbocycles. The Morgan fingerprint density at radius 2 is 0.462 bits per heavy atom. The van der Waals surface area contributed by atoms with E-state index < -0.39 is 0 Å². The van der Waals surface area contributed by atoms with Crippen LogP contribution in [0.15, 0.2) is 48.6 Å². The topological polar surface area (TPSA) is 0 Å². The molecule has 0 amide bonds. The normalized spacial score (nSPS) is 40.0. The molecule has 0 nitrogen and oxygen atoms in total. The van der Waals surface area contributed by atoms with Crippen molar-refractivity contribution in [3.8, 4) is 0 Å². The Morgan fingerprint density at radius 3 is 0.745 bits per heavy atom. The minimum atomic E-state index is 0. The van der Waals surface area contributed by atoms with E-state index in [2.05, 4.69) is 180 Å². The first-order chi connectivity index (χ1) is 41.3. The Hall–Kier alpha value is 2.45. The smallest absolute Gasteiger partial charge is 0.358 e. The first-order valence-corrected chi connectivity index (χ1v) is 40.0. The Balaban J connectivity index is -0.0000000911. The third kappa shape index (κ3) is 33.3. The van der Waals surface area contributed by atoms with Crippen molar-refractivity contribution in [3.63, 3.8) is 0 Å². The Bertz CT molecular complexity index is 1910. The molecule has 4 heteroatoms. The van der Waals surface area contributed by atoms with E-state index in [1.165, 1.54) is 114 Å². The van der Waals surface area contributed by atoms with Gasteiger partial charge >= 0.3 is 104 Å². The summed E-state index contributed by atoms with van der Waals surface area (Å²) in [5.41, 5.74) is 0.